The van der Waals surface area contributed by atoms with Crippen LogP contribution in [0, 0.1) is 0 Å². The third-order valence-electron chi connectivity index (χ3n) is 0. The molecule has 1 N–H and O–H groups in total. The van der Waals surface area contributed by atoms with Crippen molar-refractivity contribution >= 4 is 35.7 Å². The zero-order chi connectivity index (χ0) is 2.71. The molecule has 0 aliphatic heterocycles. The molecule has 0 atom stereocenters. The highest BCUT2D eigenvalue weighted by Gasteiger charge is 1.30. The standard InChI is InChI=1S/Al.BH6NSi.3H/c;1-2-3;;;/h;2H,1H2,3H3;;;. The lowest BCUT2D eigenvalue weighted by Gasteiger charge is -1.57. The Bertz CT molecular complexity index is 8.00. The minimum absolute atomic E-state index is 0. The molecule has 0 radical (unpaired) electrons. The first-order valence-corrected chi connectivity index (χ1v) is 2.00. The molecule has 0 aromatic rings. The molecule has 0 aromatic carbocycles. The van der Waals surface area contributed by atoms with E-state index in [0.29, 0.717) is 0 Å². The molecular weight excluding hydrogens is 79.9 g/mol. The minimum Gasteiger partial charge on any atom is -0.392 e. The van der Waals surface area contributed by atoms with E-state index in [-0.39, 0.29) is 17.4 Å². The van der Waals surface area contributed by atoms with E-state index >= 15 is 0 Å². The van der Waals surface area contributed by atoms with E-state index in [1.54, 1.807) is 0 Å². The third-order valence-corrected chi connectivity index (χ3v) is 0. The highest BCUT2D eigenvalue weighted by molar-refractivity contribution is 6.25. The van der Waals surface area contributed by atoms with Crippen LogP contribution in [0.25, 0.3) is 0 Å². The maximum absolute atomic E-state index is 2.89. The summed E-state index contributed by atoms with van der Waals surface area (Å²) in [7, 11) is 3.06. The highest BCUT2D eigenvalue weighted by atomic mass is 28.2. The van der Waals surface area contributed by atoms with Gasteiger partial charge in [-0.1, -0.05) is 0 Å². The lowest BCUT2D eigenvalue weighted by molar-refractivity contribution is 1.68. The van der Waals surface area contributed by atoms with Crippen LogP contribution in [0.15, 0.2) is 0 Å². The van der Waals surface area contributed by atoms with Crippen LogP contribution in [-0.2, 0) is 0 Å². The number of hydrogen-bond acceptors (Lipinski definition) is 1. The van der Waals surface area contributed by atoms with E-state index < -0.39 is 0 Å². The van der Waals surface area contributed by atoms with Crippen LogP contribution in [0.2, 0.25) is 0 Å². The van der Waals surface area contributed by atoms with E-state index in [1.165, 1.54) is 0 Å². The Kier molecular flexibility index (Phi) is 20.4. The molecule has 0 aliphatic rings. The van der Waals surface area contributed by atoms with Crippen LogP contribution in [0.1, 0.15) is 0 Å². The zero-order valence-electron chi connectivity index (χ0n) is 2.50. The average molecular weight is 89.0 g/mol. The van der Waals surface area contributed by atoms with E-state index in [2.05, 4.69) is 4.89 Å². The summed E-state index contributed by atoms with van der Waals surface area (Å²) >= 11 is 0. The summed E-state index contributed by atoms with van der Waals surface area (Å²) in [5, 5.41) is 0. The van der Waals surface area contributed by atoms with Crippen molar-refractivity contribution in [3.05, 3.63) is 0 Å². The molecule has 4 heteroatoms. The Labute approximate surface area is 41.2 Å². The number of rotatable bonds is 0. The summed E-state index contributed by atoms with van der Waals surface area (Å²) < 4.78 is 0. The molecule has 0 saturated heterocycles. The van der Waals surface area contributed by atoms with Gasteiger partial charge in [-0.05, 0) is 0 Å². The second-order valence-electron chi connectivity index (χ2n) is 0.500. The smallest absolute Gasteiger partial charge is 0.187 e. The SMILES string of the molecule is BN[SiH3].[AlH3]. The largest absolute Gasteiger partial charge is 0.392 e. The maximum Gasteiger partial charge on any atom is 0.187 e. The molecule has 0 heterocycles. The molecular formula is H9AlBNSi. The molecule has 0 aliphatic carbocycles. The van der Waals surface area contributed by atoms with Crippen molar-refractivity contribution in [1.82, 2.24) is 4.89 Å². The van der Waals surface area contributed by atoms with E-state index in [0.717, 1.165) is 10.4 Å². The average Bonchev–Trinajstić information content (AvgIpc) is 0.918. The van der Waals surface area contributed by atoms with Crippen LogP contribution in [0.4, 0.5) is 0 Å². The molecule has 1 nitrogen and oxygen atoms in total. The van der Waals surface area contributed by atoms with Crippen molar-refractivity contribution in [3.8, 4) is 0 Å². The summed E-state index contributed by atoms with van der Waals surface area (Å²) in [6, 6.07) is 0. The van der Waals surface area contributed by atoms with Gasteiger partial charge in [0, 0.05) is 0 Å². The number of nitrogens with one attached hydrogen (secondary N) is 1. The molecule has 24 valence electrons. The van der Waals surface area contributed by atoms with Crippen molar-refractivity contribution < 1.29 is 0 Å². The minimum atomic E-state index is 0. The third kappa shape index (κ3) is 14.6. The Morgan fingerprint density at radius 1 is 1.75 bits per heavy atom. The van der Waals surface area contributed by atoms with E-state index in [1.807, 2.05) is 7.98 Å². The zero-order valence-corrected chi connectivity index (χ0v) is 4.50. The van der Waals surface area contributed by atoms with Gasteiger partial charge < -0.3 is 4.89 Å². The summed E-state index contributed by atoms with van der Waals surface area (Å²) in [4.78, 5) is 2.89. The van der Waals surface area contributed by atoms with Gasteiger partial charge >= 0.3 is 0 Å². The maximum atomic E-state index is 2.89. The monoisotopic (exact) mass is 89.0 g/mol. The fourth-order valence-corrected chi connectivity index (χ4v) is 0. The Morgan fingerprint density at radius 2 is 1.75 bits per heavy atom. The topological polar surface area (TPSA) is 12.0 Å². The van der Waals surface area contributed by atoms with Gasteiger partial charge in [0.1, 0.15) is 0 Å². The second-order valence-corrected chi connectivity index (χ2v) is 1.50. The van der Waals surface area contributed by atoms with Crippen LogP contribution in [-0.4, -0.2) is 35.7 Å². The lowest BCUT2D eigenvalue weighted by Crippen LogP contribution is -1.97. The Hall–Kier alpha value is 0.774. The Balaban J connectivity index is 0. The van der Waals surface area contributed by atoms with Crippen LogP contribution in [0.5, 0.6) is 0 Å². The number of hydrogen-bond donors (Lipinski definition) is 1. The van der Waals surface area contributed by atoms with Crippen molar-refractivity contribution in [2.45, 2.75) is 0 Å². The van der Waals surface area contributed by atoms with Crippen molar-refractivity contribution in [2.75, 3.05) is 0 Å². The van der Waals surface area contributed by atoms with Crippen molar-refractivity contribution in [3.63, 3.8) is 0 Å². The predicted octanol–water partition coefficient (Wildman–Crippen LogP) is -3.78. The first kappa shape index (κ1) is 8.84. The summed E-state index contributed by atoms with van der Waals surface area (Å²) in [6.07, 6.45) is 0. The molecule has 0 aromatic heterocycles. The van der Waals surface area contributed by atoms with Gasteiger partial charge in [-0.15, -0.1) is 0 Å². The van der Waals surface area contributed by atoms with Crippen LogP contribution in [0.3, 0.4) is 0 Å². The van der Waals surface area contributed by atoms with Gasteiger partial charge in [0.15, 0.2) is 25.3 Å². The Morgan fingerprint density at radius 3 is 1.75 bits per heavy atom. The molecule has 4 heavy (non-hydrogen) atoms. The van der Waals surface area contributed by atoms with Crippen LogP contribution < -0.4 is 4.89 Å². The van der Waals surface area contributed by atoms with Gasteiger partial charge in [0.05, 0.1) is 10.4 Å². The first-order chi connectivity index (χ1) is 1.41. The van der Waals surface area contributed by atoms with Crippen molar-refractivity contribution in [1.29, 1.82) is 0 Å². The predicted molar refractivity (Wildman–Crippen MR) is 31.6 cm³/mol. The normalized spacial score (nSPS) is 5.00. The molecule has 0 unspecified atom stereocenters. The van der Waals surface area contributed by atoms with Gasteiger partial charge in [-0.3, -0.25) is 0 Å². The van der Waals surface area contributed by atoms with Gasteiger partial charge in [0.25, 0.3) is 0 Å². The quantitative estimate of drug-likeness (QED) is 0.300. The van der Waals surface area contributed by atoms with Gasteiger partial charge in [-0.2, -0.15) is 0 Å². The van der Waals surface area contributed by atoms with E-state index in [9.17, 15) is 0 Å². The van der Waals surface area contributed by atoms with Crippen molar-refractivity contribution in [2.24, 2.45) is 0 Å². The summed E-state index contributed by atoms with van der Waals surface area (Å²) in [5.41, 5.74) is 0. The molecule has 0 bridgehead atoms. The van der Waals surface area contributed by atoms with Gasteiger partial charge in [0.2, 0.25) is 0 Å². The lowest BCUT2D eigenvalue weighted by atomic mass is 10.5. The first-order valence-electron chi connectivity index (χ1n) is 1.00. The fourth-order valence-electron chi connectivity index (χ4n) is 0. The summed E-state index contributed by atoms with van der Waals surface area (Å²) in [6.45, 7) is 0. The molecule has 0 spiro atoms. The second kappa shape index (κ2) is 9.23. The molecule has 0 saturated carbocycles. The fraction of sp³-hybridized carbons (Fsp3) is 0. The summed E-state index contributed by atoms with van der Waals surface area (Å²) in [5.74, 6) is 0. The van der Waals surface area contributed by atoms with Gasteiger partial charge in [-0.25, -0.2) is 0 Å². The van der Waals surface area contributed by atoms with E-state index in [4.69, 9.17) is 0 Å². The highest BCUT2D eigenvalue weighted by Crippen LogP contribution is 0.879. The molecule has 0 fully saturated rings. The van der Waals surface area contributed by atoms with Crippen LogP contribution >= 0.6 is 0 Å². The molecule has 0 amide bonds. The molecule has 0 rings (SSSR count).